The molecule has 3 N–H and O–H groups in total. The van der Waals surface area contributed by atoms with Crippen molar-refractivity contribution in [2.24, 2.45) is 0 Å². The van der Waals surface area contributed by atoms with E-state index in [4.69, 9.17) is 10.2 Å². The lowest BCUT2D eigenvalue weighted by molar-refractivity contribution is -0.131. The highest BCUT2D eigenvalue weighted by molar-refractivity contribution is 5.80. The van der Waals surface area contributed by atoms with Crippen LogP contribution in [-0.4, -0.2) is 21.3 Å². The largest absolute Gasteiger partial charge is 0.504 e. The van der Waals surface area contributed by atoms with Gasteiger partial charge in [0.05, 0.1) is 0 Å². The molecular formula is C10H10O4. The van der Waals surface area contributed by atoms with E-state index in [-0.39, 0.29) is 11.5 Å². The number of carbonyl (C=O) groups is 1. The van der Waals surface area contributed by atoms with Crippen molar-refractivity contribution in [3.05, 3.63) is 47.5 Å². The molecule has 0 unspecified atom stereocenters. The van der Waals surface area contributed by atoms with Gasteiger partial charge in [-0.2, -0.15) is 0 Å². The maximum atomic E-state index is 10.2. The topological polar surface area (TPSA) is 77.8 Å². The molecule has 1 aliphatic rings. The Morgan fingerprint density at radius 2 is 2.07 bits per heavy atom. The van der Waals surface area contributed by atoms with Crippen molar-refractivity contribution >= 4 is 5.97 Å². The predicted octanol–water partition coefficient (Wildman–Crippen LogP) is 1.84. The predicted molar refractivity (Wildman–Crippen MR) is 50.9 cm³/mol. The Hall–Kier alpha value is -1.97. The molecule has 0 amide bonds. The van der Waals surface area contributed by atoms with Gasteiger partial charge in [-0.3, -0.25) is 0 Å². The Kier molecular flexibility index (Phi) is 3.12. The summed E-state index contributed by atoms with van der Waals surface area (Å²) in [6.45, 7) is 0. The maximum Gasteiger partial charge on any atom is 0.328 e. The van der Waals surface area contributed by atoms with E-state index < -0.39 is 5.97 Å². The number of aliphatic carboxylic acids is 1. The van der Waals surface area contributed by atoms with Crippen LogP contribution in [-0.2, 0) is 4.79 Å². The van der Waals surface area contributed by atoms with Gasteiger partial charge in [0, 0.05) is 6.08 Å². The fourth-order valence-electron chi connectivity index (χ4n) is 0.995. The molecule has 4 nitrogen and oxygen atoms in total. The van der Waals surface area contributed by atoms with E-state index in [0.29, 0.717) is 12.0 Å². The van der Waals surface area contributed by atoms with Crippen LogP contribution in [0.4, 0.5) is 0 Å². The summed E-state index contributed by atoms with van der Waals surface area (Å²) in [6.07, 6.45) is 7.16. The molecule has 0 heterocycles. The number of aliphatic hydroxyl groups is 2. The quantitative estimate of drug-likeness (QED) is 0.586. The highest BCUT2D eigenvalue weighted by Crippen LogP contribution is 2.15. The number of rotatable bonds is 2. The summed E-state index contributed by atoms with van der Waals surface area (Å²) in [6, 6.07) is 0. The van der Waals surface area contributed by atoms with Crippen molar-refractivity contribution in [2.75, 3.05) is 0 Å². The summed E-state index contributed by atoms with van der Waals surface area (Å²) in [5.41, 5.74) is 0.616. The normalized spacial score (nSPS) is 17.0. The molecule has 0 saturated carbocycles. The van der Waals surface area contributed by atoms with Crippen molar-refractivity contribution in [1.29, 1.82) is 0 Å². The maximum absolute atomic E-state index is 10.2. The van der Waals surface area contributed by atoms with Crippen LogP contribution in [0.3, 0.4) is 0 Å². The molecule has 0 aliphatic heterocycles. The molecule has 0 radical (unpaired) electrons. The minimum Gasteiger partial charge on any atom is -0.504 e. The molecule has 74 valence electrons. The molecule has 0 saturated heterocycles. The average Bonchev–Trinajstić information content (AvgIpc) is 2.26. The molecule has 0 atom stereocenters. The van der Waals surface area contributed by atoms with Crippen LogP contribution in [0.15, 0.2) is 47.5 Å². The summed E-state index contributed by atoms with van der Waals surface area (Å²) in [4.78, 5) is 10.2. The SMILES string of the molecule is O=C(O)/C=C/C1=CC(O)=C(O)C=CC1. The zero-order valence-corrected chi connectivity index (χ0v) is 7.34. The van der Waals surface area contributed by atoms with Gasteiger partial charge in [-0.25, -0.2) is 4.79 Å². The van der Waals surface area contributed by atoms with Crippen molar-refractivity contribution in [1.82, 2.24) is 0 Å². The highest BCUT2D eigenvalue weighted by Gasteiger charge is 2.03. The lowest BCUT2D eigenvalue weighted by Gasteiger charge is -1.95. The first kappa shape index (κ1) is 10.1. The molecule has 0 aromatic rings. The standard InChI is InChI=1S/C10H10O4/c11-8-3-1-2-7(6-9(8)12)4-5-10(13)14/h1,3-6,11-12H,2H2,(H,13,14)/b5-4+. The van der Waals surface area contributed by atoms with Gasteiger partial charge in [-0.1, -0.05) is 12.2 Å². The van der Waals surface area contributed by atoms with Crippen molar-refractivity contribution in [3.8, 4) is 0 Å². The minimum absolute atomic E-state index is 0.219. The summed E-state index contributed by atoms with van der Waals surface area (Å²) in [7, 11) is 0. The van der Waals surface area contributed by atoms with Crippen molar-refractivity contribution in [3.63, 3.8) is 0 Å². The Balaban J connectivity index is 2.87. The highest BCUT2D eigenvalue weighted by atomic mass is 16.4. The fourth-order valence-corrected chi connectivity index (χ4v) is 0.995. The molecule has 0 spiro atoms. The van der Waals surface area contributed by atoms with Crippen LogP contribution in [0.2, 0.25) is 0 Å². The Labute approximate surface area is 80.8 Å². The van der Waals surface area contributed by atoms with Gasteiger partial charge in [0.15, 0.2) is 11.5 Å². The lowest BCUT2D eigenvalue weighted by Crippen LogP contribution is -1.87. The number of carboxylic acid groups (broad SMARTS) is 1. The molecule has 0 aromatic carbocycles. The number of hydrogen-bond acceptors (Lipinski definition) is 3. The van der Waals surface area contributed by atoms with Crippen LogP contribution in [0, 0.1) is 0 Å². The molecule has 1 rings (SSSR count). The molecule has 1 aliphatic carbocycles. The van der Waals surface area contributed by atoms with Crippen LogP contribution < -0.4 is 0 Å². The van der Waals surface area contributed by atoms with E-state index >= 15 is 0 Å². The summed E-state index contributed by atoms with van der Waals surface area (Å²) >= 11 is 0. The Morgan fingerprint density at radius 3 is 2.71 bits per heavy atom. The second kappa shape index (κ2) is 4.32. The second-order valence-electron chi connectivity index (χ2n) is 2.77. The first-order valence-corrected chi connectivity index (χ1v) is 4.00. The van der Waals surface area contributed by atoms with E-state index in [1.165, 1.54) is 18.2 Å². The van der Waals surface area contributed by atoms with Gasteiger partial charge in [0.25, 0.3) is 0 Å². The van der Waals surface area contributed by atoms with E-state index in [2.05, 4.69) is 0 Å². The van der Waals surface area contributed by atoms with E-state index in [1.807, 2.05) is 0 Å². The molecule has 4 heteroatoms. The van der Waals surface area contributed by atoms with Crippen molar-refractivity contribution in [2.45, 2.75) is 6.42 Å². The van der Waals surface area contributed by atoms with Gasteiger partial charge in [0.2, 0.25) is 0 Å². The molecule has 0 bridgehead atoms. The third-order valence-corrected chi connectivity index (χ3v) is 1.65. The number of allylic oxidation sites excluding steroid dienone is 5. The zero-order valence-electron chi connectivity index (χ0n) is 7.34. The van der Waals surface area contributed by atoms with Crippen LogP contribution >= 0.6 is 0 Å². The van der Waals surface area contributed by atoms with E-state index in [1.54, 1.807) is 6.08 Å². The third kappa shape index (κ3) is 2.82. The van der Waals surface area contributed by atoms with Crippen molar-refractivity contribution < 1.29 is 20.1 Å². The van der Waals surface area contributed by atoms with Gasteiger partial charge >= 0.3 is 5.97 Å². The van der Waals surface area contributed by atoms with Gasteiger partial charge in [-0.15, -0.1) is 0 Å². The van der Waals surface area contributed by atoms with Crippen LogP contribution in [0.5, 0.6) is 0 Å². The first-order valence-electron chi connectivity index (χ1n) is 4.00. The first-order chi connectivity index (χ1) is 6.59. The van der Waals surface area contributed by atoms with Gasteiger partial charge in [-0.05, 0) is 24.1 Å². The minimum atomic E-state index is -1.05. The van der Waals surface area contributed by atoms with Crippen LogP contribution in [0.1, 0.15) is 6.42 Å². The number of carboxylic acids is 1. The second-order valence-corrected chi connectivity index (χ2v) is 2.77. The summed E-state index contributed by atoms with van der Waals surface area (Å²) < 4.78 is 0. The monoisotopic (exact) mass is 194 g/mol. The molecule has 0 aromatic heterocycles. The summed E-state index contributed by atoms with van der Waals surface area (Å²) in [5.74, 6) is -1.53. The fraction of sp³-hybridized carbons (Fsp3) is 0.100. The molecule has 14 heavy (non-hydrogen) atoms. The lowest BCUT2D eigenvalue weighted by atomic mass is 10.1. The number of aliphatic hydroxyl groups excluding tert-OH is 2. The Bertz CT molecular complexity index is 358. The molecular weight excluding hydrogens is 184 g/mol. The van der Waals surface area contributed by atoms with Gasteiger partial charge < -0.3 is 15.3 Å². The molecule has 0 fully saturated rings. The smallest absolute Gasteiger partial charge is 0.328 e. The Morgan fingerprint density at radius 1 is 1.36 bits per heavy atom. The zero-order chi connectivity index (χ0) is 10.6. The summed E-state index contributed by atoms with van der Waals surface area (Å²) in [5, 5.41) is 26.7. The third-order valence-electron chi connectivity index (χ3n) is 1.65. The average molecular weight is 194 g/mol. The van der Waals surface area contributed by atoms with E-state index in [9.17, 15) is 9.90 Å². The van der Waals surface area contributed by atoms with Crippen LogP contribution in [0.25, 0.3) is 0 Å². The van der Waals surface area contributed by atoms with Gasteiger partial charge in [0.1, 0.15) is 0 Å². The van der Waals surface area contributed by atoms with E-state index in [0.717, 1.165) is 6.08 Å². The number of hydrogen-bond donors (Lipinski definition) is 3.